The number of rotatable bonds is 10. The van der Waals surface area contributed by atoms with Crippen LogP contribution >= 0.6 is 26.0 Å². The molecule has 0 spiro atoms. The van der Waals surface area contributed by atoms with Crippen LogP contribution in [0.2, 0.25) is 0 Å². The van der Waals surface area contributed by atoms with Crippen molar-refractivity contribution in [2.75, 3.05) is 0 Å². The van der Waals surface area contributed by atoms with Gasteiger partial charge in [0.1, 0.15) is 28.7 Å². The molecule has 1 unspecified atom stereocenters. The molecular weight excluding hydrogens is 534 g/mol. The van der Waals surface area contributed by atoms with Crippen molar-refractivity contribution < 1.29 is 31.7 Å². The summed E-state index contributed by atoms with van der Waals surface area (Å²) in [7, 11) is -4.17. The van der Waals surface area contributed by atoms with E-state index in [4.69, 9.17) is 33.9 Å². The summed E-state index contributed by atoms with van der Waals surface area (Å²) in [6, 6.07) is 26.7. The Morgan fingerprint density at radius 3 is 1.30 bits per heavy atom. The zero-order valence-corrected chi connectivity index (χ0v) is 22.9. The predicted octanol–water partition coefficient (Wildman–Crippen LogP) is 9.06. The van der Waals surface area contributed by atoms with Crippen LogP contribution in [0.5, 0.6) is 28.7 Å². The maximum atomic E-state index is 13.7. The minimum Gasteiger partial charge on any atom is -0.405 e. The minimum absolute atomic E-state index is 0.159. The number of halogens is 1. The van der Waals surface area contributed by atoms with E-state index in [1.54, 1.807) is 42.5 Å². The summed E-state index contributed by atoms with van der Waals surface area (Å²) < 4.78 is 54.0. The molecule has 10 heteroatoms. The van der Waals surface area contributed by atoms with Crippen molar-refractivity contribution in [1.82, 2.24) is 0 Å². The van der Waals surface area contributed by atoms with Crippen LogP contribution in [0.15, 0.2) is 97.1 Å². The van der Waals surface area contributed by atoms with Crippen molar-refractivity contribution in [3.8, 4) is 28.7 Å². The first kappa shape index (κ1) is 26.7. The lowest BCUT2D eigenvalue weighted by Crippen LogP contribution is -2.07. The van der Waals surface area contributed by atoms with E-state index >= 15 is 0 Å². The number of phosphoric ester groups is 1. The number of phosphoric acid groups is 1. The van der Waals surface area contributed by atoms with Gasteiger partial charge in [0, 0.05) is 11.2 Å². The summed E-state index contributed by atoms with van der Waals surface area (Å²) in [6.45, 7) is 1.74. The van der Waals surface area contributed by atoms with Crippen molar-refractivity contribution in [2.24, 2.45) is 0 Å². The highest BCUT2D eigenvalue weighted by atomic mass is 35.7. The molecule has 0 heterocycles. The Morgan fingerprint density at radius 2 is 0.865 bits per heavy atom. The largest absolute Gasteiger partial charge is 0.647 e. The second-order valence-corrected chi connectivity index (χ2v) is 12.2. The monoisotopic (exact) mass is 558 g/mol. The third-order valence-corrected chi connectivity index (χ3v) is 7.51. The van der Waals surface area contributed by atoms with E-state index in [2.05, 4.69) is 0 Å². The molecular formula is C27H25ClO7P2. The number of aryl methyl sites for hydroxylation is 3. The molecule has 4 aromatic carbocycles. The van der Waals surface area contributed by atoms with Crippen molar-refractivity contribution >= 4 is 26.0 Å². The molecule has 1 atom stereocenters. The predicted molar refractivity (Wildman–Crippen MR) is 144 cm³/mol. The van der Waals surface area contributed by atoms with Gasteiger partial charge in [-0.3, -0.25) is 0 Å². The fraction of sp³-hybridized carbons (Fsp3) is 0.111. The van der Waals surface area contributed by atoms with Crippen LogP contribution in [0.4, 0.5) is 0 Å². The molecule has 0 bridgehead atoms. The fourth-order valence-electron chi connectivity index (χ4n) is 3.15. The molecule has 0 radical (unpaired) electrons. The first-order chi connectivity index (χ1) is 17.6. The van der Waals surface area contributed by atoms with Crippen molar-refractivity contribution in [2.45, 2.75) is 20.8 Å². The summed E-state index contributed by atoms with van der Waals surface area (Å²) in [5.41, 5.74) is 2.95. The lowest BCUT2D eigenvalue weighted by molar-refractivity contribution is 0.298. The van der Waals surface area contributed by atoms with Gasteiger partial charge in [0.2, 0.25) is 0 Å². The van der Waals surface area contributed by atoms with Crippen LogP contribution in [0.25, 0.3) is 0 Å². The number of hydrogen-bond donors (Lipinski definition) is 0. The minimum atomic E-state index is -4.17. The van der Waals surface area contributed by atoms with Gasteiger partial charge in [-0.1, -0.05) is 47.5 Å². The molecule has 0 aliphatic carbocycles. The fourth-order valence-corrected chi connectivity index (χ4v) is 5.65. The molecule has 192 valence electrons. The van der Waals surface area contributed by atoms with Crippen LogP contribution in [0, 0.1) is 20.8 Å². The van der Waals surface area contributed by atoms with Crippen LogP contribution in [-0.2, 0) is 9.13 Å². The van der Waals surface area contributed by atoms with Gasteiger partial charge in [0.15, 0.2) is 0 Å². The highest BCUT2D eigenvalue weighted by molar-refractivity contribution is 7.82. The molecule has 7 nitrogen and oxygen atoms in total. The van der Waals surface area contributed by atoms with Crippen molar-refractivity contribution in [3.63, 3.8) is 0 Å². The Labute approximate surface area is 220 Å². The first-order valence-corrected chi connectivity index (χ1v) is 15.2. The SMILES string of the molecule is Cc1ccc(OP(=O)(Oc2ccc(C)cc2)Oc2ccc(OP(=O)(Cl)Oc3cccc(C)c3)cc2)cc1. The summed E-state index contributed by atoms with van der Waals surface area (Å²) >= 11 is 6.00. The molecule has 0 N–H and O–H groups in total. The quantitative estimate of drug-likeness (QED) is 0.180. The van der Waals surface area contributed by atoms with Crippen LogP contribution in [0.1, 0.15) is 16.7 Å². The maximum absolute atomic E-state index is 13.7. The molecule has 0 aliphatic rings. The summed E-state index contributed by atoms with van der Waals surface area (Å²) in [5.74, 6) is 1.28. The van der Waals surface area contributed by atoms with E-state index in [0.29, 0.717) is 17.2 Å². The second-order valence-electron chi connectivity index (χ2n) is 8.25. The zero-order chi connectivity index (χ0) is 26.5. The lowest BCUT2D eigenvalue weighted by atomic mass is 10.2. The molecule has 4 aromatic rings. The molecule has 0 saturated carbocycles. The van der Waals surface area contributed by atoms with Crippen molar-refractivity contribution in [3.05, 3.63) is 114 Å². The highest BCUT2D eigenvalue weighted by Crippen LogP contribution is 2.54. The van der Waals surface area contributed by atoms with E-state index in [-0.39, 0.29) is 11.5 Å². The molecule has 0 amide bonds. The maximum Gasteiger partial charge on any atom is 0.647 e. The van der Waals surface area contributed by atoms with Gasteiger partial charge in [-0.2, -0.15) is 4.57 Å². The number of hydrogen-bond acceptors (Lipinski definition) is 7. The van der Waals surface area contributed by atoms with Crippen molar-refractivity contribution in [1.29, 1.82) is 0 Å². The summed E-state index contributed by atoms with van der Waals surface area (Å²) in [6.07, 6.45) is 0. The van der Waals surface area contributed by atoms with Gasteiger partial charge in [-0.15, -0.1) is 0 Å². The Kier molecular flexibility index (Phi) is 8.19. The van der Waals surface area contributed by atoms with Gasteiger partial charge in [-0.25, -0.2) is 4.57 Å². The molecule has 0 fully saturated rings. The highest BCUT2D eigenvalue weighted by Gasteiger charge is 2.33. The molecule has 0 aromatic heterocycles. The van der Waals surface area contributed by atoms with E-state index in [1.165, 1.54) is 24.3 Å². The van der Waals surface area contributed by atoms with Crippen LogP contribution in [0.3, 0.4) is 0 Å². The molecule has 4 rings (SSSR count). The normalized spacial score (nSPS) is 12.8. The van der Waals surface area contributed by atoms with E-state index in [0.717, 1.165) is 16.7 Å². The molecule has 0 saturated heterocycles. The standard InChI is InChI=1S/C27H25ClO7P2/c1-20-7-11-24(12-8-20)33-37(30,34-25-13-9-21(2)10-14-25)35-26-17-15-23(16-18-26)31-36(28,29)32-27-6-4-5-22(3)19-27/h4-19H,1-3H3. The Balaban J connectivity index is 1.49. The van der Waals surface area contributed by atoms with E-state index in [1.807, 2.05) is 51.1 Å². The molecule has 37 heavy (non-hydrogen) atoms. The Hall–Kier alpha value is -3.37. The second kappa shape index (κ2) is 11.4. The first-order valence-electron chi connectivity index (χ1n) is 11.3. The average Bonchev–Trinajstić information content (AvgIpc) is 2.83. The Bertz CT molecular complexity index is 1390. The molecule has 0 aliphatic heterocycles. The van der Waals surface area contributed by atoms with Gasteiger partial charge < -0.3 is 22.6 Å². The third kappa shape index (κ3) is 8.06. The average molecular weight is 559 g/mol. The van der Waals surface area contributed by atoms with Gasteiger partial charge in [-0.05, 0) is 87.0 Å². The van der Waals surface area contributed by atoms with Gasteiger partial charge >= 0.3 is 14.8 Å². The van der Waals surface area contributed by atoms with E-state index in [9.17, 15) is 9.13 Å². The van der Waals surface area contributed by atoms with Crippen LogP contribution in [-0.4, -0.2) is 0 Å². The Morgan fingerprint density at radius 1 is 0.486 bits per heavy atom. The van der Waals surface area contributed by atoms with Gasteiger partial charge in [0.25, 0.3) is 0 Å². The topological polar surface area (TPSA) is 80.3 Å². The van der Waals surface area contributed by atoms with E-state index < -0.39 is 14.8 Å². The van der Waals surface area contributed by atoms with Crippen LogP contribution < -0.4 is 22.6 Å². The third-order valence-electron chi connectivity index (χ3n) is 4.94. The summed E-state index contributed by atoms with van der Waals surface area (Å²) in [5, 5.41) is 0. The lowest BCUT2D eigenvalue weighted by Gasteiger charge is -2.20. The van der Waals surface area contributed by atoms with Gasteiger partial charge in [0.05, 0.1) is 0 Å². The summed E-state index contributed by atoms with van der Waals surface area (Å²) in [4.78, 5) is 0. The number of benzene rings is 4. The zero-order valence-electron chi connectivity index (χ0n) is 20.4. The smallest absolute Gasteiger partial charge is 0.405 e.